The number of unbranched alkanes of at least 4 members (excludes halogenated alkanes) is 1. The molecular formula is C19H22N2O5S. The maximum Gasteiger partial charge on any atom is 0.338 e. The number of anilines is 2. The van der Waals surface area contributed by atoms with Crippen LogP contribution in [0.3, 0.4) is 0 Å². The molecule has 0 aliphatic heterocycles. The van der Waals surface area contributed by atoms with Crippen LogP contribution in [0.4, 0.5) is 11.4 Å². The first kappa shape index (κ1) is 20.4. The van der Waals surface area contributed by atoms with Gasteiger partial charge in [-0.05, 0) is 48.9 Å². The number of esters is 1. The maximum atomic E-state index is 12.3. The lowest BCUT2D eigenvalue weighted by atomic mass is 10.1. The number of benzene rings is 2. The zero-order valence-corrected chi connectivity index (χ0v) is 16.0. The van der Waals surface area contributed by atoms with Gasteiger partial charge in [0.1, 0.15) is 0 Å². The summed E-state index contributed by atoms with van der Waals surface area (Å²) in [5.41, 5.74) is 1.51. The summed E-state index contributed by atoms with van der Waals surface area (Å²) in [6, 6.07) is 12.5. The van der Waals surface area contributed by atoms with Crippen molar-refractivity contribution in [2.24, 2.45) is 0 Å². The third kappa shape index (κ3) is 6.74. The second-order valence-electron chi connectivity index (χ2n) is 5.98. The fraction of sp³-hybridized carbons (Fsp3) is 0.263. The van der Waals surface area contributed by atoms with Gasteiger partial charge < -0.3 is 10.1 Å². The van der Waals surface area contributed by atoms with Gasteiger partial charge in [0.25, 0.3) is 5.91 Å². The van der Waals surface area contributed by atoms with Crippen molar-refractivity contribution in [1.82, 2.24) is 0 Å². The fourth-order valence-corrected chi connectivity index (χ4v) is 2.78. The molecule has 2 aromatic carbocycles. The average molecular weight is 390 g/mol. The van der Waals surface area contributed by atoms with Crippen LogP contribution in [0.25, 0.3) is 0 Å². The molecule has 0 saturated heterocycles. The predicted octanol–water partition coefficient (Wildman–Crippen LogP) is 3.27. The lowest BCUT2D eigenvalue weighted by Gasteiger charge is -2.09. The van der Waals surface area contributed by atoms with E-state index < -0.39 is 21.9 Å². The number of rotatable bonds is 8. The van der Waals surface area contributed by atoms with Gasteiger partial charge in [-0.2, -0.15) is 0 Å². The first-order valence-electron chi connectivity index (χ1n) is 8.45. The molecule has 144 valence electrons. The Hall–Kier alpha value is -2.87. The van der Waals surface area contributed by atoms with Gasteiger partial charge in [0.2, 0.25) is 10.0 Å². The number of hydrogen-bond acceptors (Lipinski definition) is 5. The molecule has 0 saturated carbocycles. The monoisotopic (exact) mass is 390 g/mol. The quantitative estimate of drug-likeness (QED) is 0.532. The van der Waals surface area contributed by atoms with Crippen LogP contribution in [0.15, 0.2) is 48.5 Å². The van der Waals surface area contributed by atoms with E-state index >= 15 is 0 Å². The Morgan fingerprint density at radius 2 is 1.70 bits per heavy atom. The Labute approximate surface area is 158 Å². The number of carbonyl (C=O) groups is 2. The maximum absolute atomic E-state index is 12.3. The zero-order chi connectivity index (χ0) is 19.9. The van der Waals surface area contributed by atoms with E-state index in [1.807, 2.05) is 6.92 Å². The van der Waals surface area contributed by atoms with Crippen LogP contribution < -0.4 is 10.0 Å². The Morgan fingerprint density at radius 3 is 2.33 bits per heavy atom. The van der Waals surface area contributed by atoms with E-state index in [9.17, 15) is 18.0 Å². The molecule has 27 heavy (non-hydrogen) atoms. The molecule has 0 bridgehead atoms. The SMILES string of the molecule is CCCCOC(=O)c1ccc(NC(=O)c2cccc(NS(C)(=O)=O)c2)cc1. The third-order valence-electron chi connectivity index (χ3n) is 3.54. The highest BCUT2D eigenvalue weighted by molar-refractivity contribution is 7.92. The average Bonchev–Trinajstić information content (AvgIpc) is 2.61. The Bertz CT molecular complexity index is 908. The molecule has 0 heterocycles. The molecule has 0 fully saturated rings. The molecule has 2 aromatic rings. The number of sulfonamides is 1. The molecule has 7 nitrogen and oxygen atoms in total. The van der Waals surface area contributed by atoms with Gasteiger partial charge in [-0.25, -0.2) is 13.2 Å². The van der Waals surface area contributed by atoms with Crippen LogP contribution in [-0.4, -0.2) is 33.2 Å². The van der Waals surface area contributed by atoms with E-state index in [2.05, 4.69) is 10.0 Å². The highest BCUT2D eigenvalue weighted by Crippen LogP contribution is 2.15. The highest BCUT2D eigenvalue weighted by Gasteiger charge is 2.10. The predicted molar refractivity (Wildman–Crippen MR) is 104 cm³/mol. The Balaban J connectivity index is 2.01. The van der Waals surface area contributed by atoms with Crippen LogP contribution in [0, 0.1) is 0 Å². The van der Waals surface area contributed by atoms with Gasteiger partial charge >= 0.3 is 5.97 Å². The minimum atomic E-state index is -3.43. The van der Waals surface area contributed by atoms with Crippen molar-refractivity contribution in [3.05, 3.63) is 59.7 Å². The normalized spacial score (nSPS) is 10.9. The van der Waals surface area contributed by atoms with Gasteiger partial charge in [0, 0.05) is 16.9 Å². The summed E-state index contributed by atoms with van der Waals surface area (Å²) in [5.74, 6) is -0.800. The van der Waals surface area contributed by atoms with Crippen molar-refractivity contribution in [1.29, 1.82) is 0 Å². The van der Waals surface area contributed by atoms with Crippen LogP contribution in [-0.2, 0) is 14.8 Å². The van der Waals surface area contributed by atoms with Gasteiger partial charge in [-0.3, -0.25) is 9.52 Å². The molecule has 0 spiro atoms. The molecule has 2 rings (SSSR count). The summed E-state index contributed by atoms with van der Waals surface area (Å²) < 4.78 is 30.0. The molecule has 8 heteroatoms. The van der Waals surface area contributed by atoms with Crippen molar-refractivity contribution in [3.63, 3.8) is 0 Å². The lowest BCUT2D eigenvalue weighted by Crippen LogP contribution is -2.14. The molecule has 0 atom stereocenters. The van der Waals surface area contributed by atoms with E-state index in [0.717, 1.165) is 19.1 Å². The summed E-state index contributed by atoms with van der Waals surface area (Å²) in [5, 5.41) is 2.70. The molecule has 1 amide bonds. The molecular weight excluding hydrogens is 368 g/mol. The molecule has 0 aliphatic carbocycles. The largest absolute Gasteiger partial charge is 0.462 e. The van der Waals surface area contributed by atoms with Crippen molar-refractivity contribution >= 4 is 33.3 Å². The number of hydrogen-bond donors (Lipinski definition) is 2. The Kier molecular flexibility index (Phi) is 6.95. The number of nitrogens with one attached hydrogen (secondary N) is 2. The van der Waals surface area contributed by atoms with E-state index in [4.69, 9.17) is 4.74 Å². The van der Waals surface area contributed by atoms with Crippen molar-refractivity contribution < 1.29 is 22.7 Å². The topological polar surface area (TPSA) is 102 Å². The van der Waals surface area contributed by atoms with Gasteiger partial charge in [0.15, 0.2) is 0 Å². The van der Waals surface area contributed by atoms with Crippen molar-refractivity contribution in [2.75, 3.05) is 22.9 Å². The first-order chi connectivity index (χ1) is 12.8. The second kappa shape index (κ2) is 9.18. The van der Waals surface area contributed by atoms with Gasteiger partial charge in [-0.1, -0.05) is 19.4 Å². The van der Waals surface area contributed by atoms with E-state index in [1.54, 1.807) is 42.5 Å². The van der Waals surface area contributed by atoms with Crippen LogP contribution >= 0.6 is 0 Å². The van der Waals surface area contributed by atoms with Crippen LogP contribution in [0.5, 0.6) is 0 Å². The summed E-state index contributed by atoms with van der Waals surface area (Å²) in [7, 11) is -3.43. The molecule has 0 unspecified atom stereocenters. The minimum absolute atomic E-state index is 0.298. The van der Waals surface area contributed by atoms with E-state index in [1.165, 1.54) is 6.07 Å². The smallest absolute Gasteiger partial charge is 0.338 e. The van der Waals surface area contributed by atoms with Gasteiger partial charge in [0.05, 0.1) is 18.4 Å². The Morgan fingerprint density at radius 1 is 1.00 bits per heavy atom. The number of ether oxygens (including phenoxy) is 1. The summed E-state index contributed by atoms with van der Waals surface area (Å²) in [6.45, 7) is 2.39. The summed E-state index contributed by atoms with van der Waals surface area (Å²) in [6.07, 6.45) is 2.79. The second-order valence-corrected chi connectivity index (χ2v) is 7.72. The van der Waals surface area contributed by atoms with Crippen LogP contribution in [0.1, 0.15) is 40.5 Å². The number of carbonyl (C=O) groups excluding carboxylic acids is 2. The summed E-state index contributed by atoms with van der Waals surface area (Å²) in [4.78, 5) is 24.2. The molecule has 2 N–H and O–H groups in total. The third-order valence-corrected chi connectivity index (χ3v) is 4.14. The zero-order valence-electron chi connectivity index (χ0n) is 15.2. The number of amides is 1. The van der Waals surface area contributed by atoms with Crippen LogP contribution in [0.2, 0.25) is 0 Å². The molecule has 0 radical (unpaired) electrons. The van der Waals surface area contributed by atoms with Crippen molar-refractivity contribution in [2.45, 2.75) is 19.8 Å². The summed E-state index contributed by atoms with van der Waals surface area (Å²) >= 11 is 0. The highest BCUT2D eigenvalue weighted by atomic mass is 32.2. The van der Waals surface area contributed by atoms with E-state index in [0.29, 0.717) is 29.1 Å². The molecule has 0 aliphatic rings. The van der Waals surface area contributed by atoms with E-state index in [-0.39, 0.29) is 0 Å². The lowest BCUT2D eigenvalue weighted by molar-refractivity contribution is 0.0499. The standard InChI is InChI=1S/C19H22N2O5S/c1-3-4-12-26-19(23)14-8-10-16(11-9-14)20-18(22)15-6-5-7-17(13-15)21-27(2,24)25/h5-11,13,21H,3-4,12H2,1-2H3,(H,20,22). The van der Waals surface area contributed by atoms with Crippen molar-refractivity contribution in [3.8, 4) is 0 Å². The fourth-order valence-electron chi connectivity index (χ4n) is 2.22. The van der Waals surface area contributed by atoms with Gasteiger partial charge in [-0.15, -0.1) is 0 Å². The minimum Gasteiger partial charge on any atom is -0.462 e. The molecule has 0 aromatic heterocycles. The first-order valence-corrected chi connectivity index (χ1v) is 10.3.